The molecule has 28 heavy (non-hydrogen) atoms. The molecule has 0 saturated heterocycles. The molecular weight excluding hydrogens is 376 g/mol. The highest BCUT2D eigenvalue weighted by Crippen LogP contribution is 2.42. The molecule has 152 valence electrons. The van der Waals surface area contributed by atoms with Crippen molar-refractivity contribution in [2.75, 3.05) is 33.9 Å². The largest absolute Gasteiger partial charge is 0.493 e. The van der Waals surface area contributed by atoms with Crippen LogP contribution in [0.15, 0.2) is 42.5 Å². The predicted molar refractivity (Wildman–Crippen MR) is 110 cm³/mol. The van der Waals surface area contributed by atoms with E-state index in [0.29, 0.717) is 37.6 Å². The molecule has 0 N–H and O–H groups in total. The third kappa shape index (κ3) is 3.62. The molecule has 3 rings (SSSR count). The molecule has 0 radical (unpaired) electrons. The van der Waals surface area contributed by atoms with Gasteiger partial charge in [-0.25, -0.2) is 0 Å². The summed E-state index contributed by atoms with van der Waals surface area (Å²) in [7, 11) is -0.403. The molecule has 1 heterocycles. The van der Waals surface area contributed by atoms with E-state index >= 15 is 0 Å². The van der Waals surface area contributed by atoms with E-state index < -0.39 is 16.3 Å². The molecular formula is C21H28N2O4S. The van der Waals surface area contributed by atoms with Gasteiger partial charge in [-0.2, -0.15) is 17.0 Å². The standard InChI is InChI=1S/C21H28N2O4S/c1-5-22(6-2)28(24,25)23-13-12-17-14-19(26-3)20(27-4)15-18(17)21(23)16-10-8-7-9-11-16/h7-11,14-15,21H,5-6,12-13H2,1-4H3. The van der Waals surface area contributed by atoms with E-state index in [-0.39, 0.29) is 0 Å². The van der Waals surface area contributed by atoms with Crippen molar-refractivity contribution in [2.24, 2.45) is 0 Å². The third-order valence-corrected chi connectivity index (χ3v) is 7.43. The summed E-state index contributed by atoms with van der Waals surface area (Å²) in [6, 6.07) is 13.2. The molecule has 0 spiro atoms. The Bertz CT molecular complexity index is 912. The first kappa shape index (κ1) is 20.6. The van der Waals surface area contributed by atoms with E-state index in [4.69, 9.17) is 9.47 Å². The van der Waals surface area contributed by atoms with Gasteiger partial charge in [0.1, 0.15) is 0 Å². The minimum absolute atomic E-state index is 0.407. The van der Waals surface area contributed by atoms with E-state index in [2.05, 4.69) is 0 Å². The predicted octanol–water partition coefficient (Wildman–Crippen LogP) is 3.24. The van der Waals surface area contributed by atoms with Crippen LogP contribution in [-0.2, 0) is 16.6 Å². The van der Waals surface area contributed by atoms with Crippen LogP contribution in [0.1, 0.15) is 36.6 Å². The topological polar surface area (TPSA) is 59.1 Å². The lowest BCUT2D eigenvalue weighted by Crippen LogP contribution is -2.48. The summed E-state index contributed by atoms with van der Waals surface area (Å²) in [6.45, 7) is 5.03. The van der Waals surface area contributed by atoms with Crippen molar-refractivity contribution >= 4 is 10.2 Å². The normalized spacial score (nSPS) is 17.4. The Hall–Kier alpha value is -2.09. The summed E-state index contributed by atoms with van der Waals surface area (Å²) in [5, 5.41) is 0. The van der Waals surface area contributed by atoms with Crippen molar-refractivity contribution in [3.8, 4) is 11.5 Å². The molecule has 1 aliphatic heterocycles. The van der Waals surface area contributed by atoms with Crippen LogP contribution in [0, 0.1) is 0 Å². The van der Waals surface area contributed by atoms with Gasteiger partial charge in [0.05, 0.1) is 20.3 Å². The molecule has 7 heteroatoms. The molecule has 0 saturated carbocycles. The summed E-state index contributed by atoms with van der Waals surface area (Å²) in [5.41, 5.74) is 2.95. The molecule has 6 nitrogen and oxygen atoms in total. The Labute approximate surface area is 167 Å². The van der Waals surface area contributed by atoms with Crippen LogP contribution in [0.2, 0.25) is 0 Å². The number of methoxy groups -OCH3 is 2. The Kier molecular flexibility index (Phi) is 6.27. The highest BCUT2D eigenvalue weighted by atomic mass is 32.2. The number of nitrogens with zero attached hydrogens (tertiary/aromatic N) is 2. The van der Waals surface area contributed by atoms with Crippen LogP contribution in [0.3, 0.4) is 0 Å². The number of hydrogen-bond acceptors (Lipinski definition) is 4. The van der Waals surface area contributed by atoms with Gasteiger partial charge in [-0.3, -0.25) is 0 Å². The van der Waals surface area contributed by atoms with E-state index in [1.165, 1.54) is 4.31 Å². The third-order valence-electron chi connectivity index (χ3n) is 5.27. The molecule has 0 aromatic heterocycles. The average Bonchev–Trinajstić information content (AvgIpc) is 2.73. The minimum Gasteiger partial charge on any atom is -0.493 e. The second-order valence-electron chi connectivity index (χ2n) is 6.67. The van der Waals surface area contributed by atoms with Crippen LogP contribution in [0.25, 0.3) is 0 Å². The van der Waals surface area contributed by atoms with Gasteiger partial charge in [-0.15, -0.1) is 0 Å². The number of rotatable bonds is 7. The first-order valence-electron chi connectivity index (χ1n) is 9.54. The van der Waals surface area contributed by atoms with E-state index in [1.807, 2.05) is 56.3 Å². The van der Waals surface area contributed by atoms with Crippen LogP contribution in [0.5, 0.6) is 11.5 Å². The van der Waals surface area contributed by atoms with Gasteiger partial charge < -0.3 is 9.47 Å². The first-order valence-corrected chi connectivity index (χ1v) is 10.9. The summed E-state index contributed by atoms with van der Waals surface area (Å²) in [6.07, 6.45) is 0.625. The fourth-order valence-electron chi connectivity index (χ4n) is 3.85. The van der Waals surface area contributed by atoms with Crippen LogP contribution < -0.4 is 9.47 Å². The smallest absolute Gasteiger partial charge is 0.282 e. The second-order valence-corrected chi connectivity index (χ2v) is 8.55. The van der Waals surface area contributed by atoms with Crippen molar-refractivity contribution in [1.82, 2.24) is 8.61 Å². The highest BCUT2D eigenvalue weighted by molar-refractivity contribution is 7.86. The molecule has 0 fully saturated rings. The molecule has 2 aromatic rings. The zero-order valence-corrected chi connectivity index (χ0v) is 17.7. The Morgan fingerprint density at radius 3 is 2.21 bits per heavy atom. The van der Waals surface area contributed by atoms with Gasteiger partial charge in [-0.05, 0) is 35.2 Å². The van der Waals surface area contributed by atoms with Gasteiger partial charge >= 0.3 is 0 Å². The molecule has 1 unspecified atom stereocenters. The zero-order valence-electron chi connectivity index (χ0n) is 16.9. The zero-order chi connectivity index (χ0) is 20.3. The Morgan fingerprint density at radius 2 is 1.64 bits per heavy atom. The SMILES string of the molecule is CCN(CC)S(=O)(=O)N1CCc2cc(OC)c(OC)cc2C1c1ccccc1. The van der Waals surface area contributed by atoms with Crippen molar-refractivity contribution in [3.05, 3.63) is 59.2 Å². The Morgan fingerprint density at radius 1 is 1.04 bits per heavy atom. The first-order chi connectivity index (χ1) is 13.5. The highest BCUT2D eigenvalue weighted by Gasteiger charge is 2.39. The van der Waals surface area contributed by atoms with Gasteiger partial charge in [0.2, 0.25) is 0 Å². The summed E-state index contributed by atoms with van der Waals surface area (Å²) in [4.78, 5) is 0. The minimum atomic E-state index is -3.60. The van der Waals surface area contributed by atoms with Crippen LogP contribution in [0.4, 0.5) is 0 Å². The maximum absolute atomic E-state index is 13.4. The van der Waals surface area contributed by atoms with Crippen molar-refractivity contribution in [1.29, 1.82) is 0 Å². The van der Waals surface area contributed by atoms with Gasteiger partial charge in [0.15, 0.2) is 11.5 Å². The number of ether oxygens (including phenoxy) is 2. The number of fused-ring (bicyclic) bond motifs is 1. The van der Waals surface area contributed by atoms with E-state index in [0.717, 1.165) is 16.7 Å². The summed E-state index contributed by atoms with van der Waals surface area (Å²) < 4.78 is 40.9. The monoisotopic (exact) mass is 404 g/mol. The lowest BCUT2D eigenvalue weighted by Gasteiger charge is -2.39. The molecule has 1 atom stereocenters. The summed E-state index contributed by atoms with van der Waals surface area (Å²) in [5.74, 6) is 1.26. The Balaban J connectivity index is 2.19. The van der Waals surface area contributed by atoms with Gasteiger partial charge in [0, 0.05) is 19.6 Å². The lowest BCUT2D eigenvalue weighted by atomic mass is 9.89. The number of benzene rings is 2. The molecule has 0 amide bonds. The van der Waals surface area contributed by atoms with Crippen molar-refractivity contribution in [2.45, 2.75) is 26.3 Å². The second kappa shape index (κ2) is 8.51. The molecule has 1 aliphatic rings. The lowest BCUT2D eigenvalue weighted by molar-refractivity contribution is 0.300. The van der Waals surface area contributed by atoms with Crippen LogP contribution >= 0.6 is 0 Å². The molecule has 0 bridgehead atoms. The van der Waals surface area contributed by atoms with Gasteiger partial charge in [0.25, 0.3) is 10.2 Å². The van der Waals surface area contributed by atoms with Crippen LogP contribution in [-0.4, -0.2) is 50.9 Å². The fourth-order valence-corrected chi connectivity index (χ4v) is 5.62. The number of hydrogen-bond donors (Lipinski definition) is 0. The van der Waals surface area contributed by atoms with Crippen molar-refractivity contribution in [3.63, 3.8) is 0 Å². The average molecular weight is 405 g/mol. The van der Waals surface area contributed by atoms with Gasteiger partial charge in [-0.1, -0.05) is 44.2 Å². The maximum Gasteiger partial charge on any atom is 0.282 e. The maximum atomic E-state index is 13.4. The quantitative estimate of drug-likeness (QED) is 0.711. The molecule has 0 aliphatic carbocycles. The fraction of sp³-hybridized carbons (Fsp3) is 0.429. The van der Waals surface area contributed by atoms with E-state index in [9.17, 15) is 8.42 Å². The summed E-state index contributed by atoms with van der Waals surface area (Å²) >= 11 is 0. The molecule has 2 aromatic carbocycles. The van der Waals surface area contributed by atoms with E-state index in [1.54, 1.807) is 18.5 Å². The van der Waals surface area contributed by atoms with Crippen molar-refractivity contribution < 1.29 is 17.9 Å².